The third-order valence-electron chi connectivity index (χ3n) is 3.36. The summed E-state index contributed by atoms with van der Waals surface area (Å²) in [6.45, 7) is 3.17. The lowest BCUT2D eigenvalue weighted by Crippen LogP contribution is -2.02. The first-order valence-electron chi connectivity index (χ1n) is 7.53. The van der Waals surface area contributed by atoms with Crippen LogP contribution in [0.5, 0.6) is 0 Å². The molecule has 0 radical (unpaired) electrons. The van der Waals surface area contributed by atoms with E-state index in [9.17, 15) is 0 Å². The van der Waals surface area contributed by atoms with Crippen molar-refractivity contribution in [1.29, 1.82) is 0 Å². The van der Waals surface area contributed by atoms with Gasteiger partial charge in [0.2, 0.25) is 0 Å². The number of halogens is 3. The summed E-state index contributed by atoms with van der Waals surface area (Å²) in [6.07, 6.45) is 10.5. The molecular weight excluding hydrogens is 313 g/mol. The quantitative estimate of drug-likeness (QED) is 0.352. The Balaban J connectivity index is 2.11. The molecule has 1 aromatic carbocycles. The van der Waals surface area contributed by atoms with Crippen molar-refractivity contribution >= 4 is 40.5 Å². The van der Waals surface area contributed by atoms with Crippen molar-refractivity contribution < 1.29 is 0 Å². The molecule has 0 aromatic heterocycles. The number of hydrogen-bond donors (Lipinski definition) is 1. The first-order chi connectivity index (χ1) is 9.65. The number of anilines is 1. The van der Waals surface area contributed by atoms with E-state index in [1.165, 1.54) is 44.9 Å². The van der Waals surface area contributed by atoms with Crippen molar-refractivity contribution in [3.63, 3.8) is 0 Å². The summed E-state index contributed by atoms with van der Waals surface area (Å²) in [5.74, 6) is 0. The fraction of sp³-hybridized carbons (Fsp3) is 0.625. The van der Waals surface area contributed by atoms with E-state index in [1.54, 1.807) is 12.1 Å². The fourth-order valence-electron chi connectivity index (χ4n) is 2.14. The van der Waals surface area contributed by atoms with Crippen molar-refractivity contribution in [3.05, 3.63) is 27.2 Å². The number of benzene rings is 1. The zero-order valence-electron chi connectivity index (χ0n) is 12.2. The molecule has 0 saturated heterocycles. The van der Waals surface area contributed by atoms with E-state index in [-0.39, 0.29) is 0 Å². The average Bonchev–Trinajstić information content (AvgIpc) is 2.42. The van der Waals surface area contributed by atoms with Crippen molar-refractivity contribution in [2.24, 2.45) is 0 Å². The number of unbranched alkanes of at least 4 members (excludes halogenated alkanes) is 7. The van der Waals surface area contributed by atoms with Crippen LogP contribution in [-0.4, -0.2) is 6.54 Å². The molecule has 1 nitrogen and oxygen atoms in total. The van der Waals surface area contributed by atoms with Gasteiger partial charge in [0.1, 0.15) is 0 Å². The minimum atomic E-state index is 0.495. The van der Waals surface area contributed by atoms with Crippen LogP contribution in [0.3, 0.4) is 0 Å². The second kappa shape index (κ2) is 10.6. The fourth-order valence-corrected chi connectivity index (χ4v) is 2.75. The Hall–Kier alpha value is -0.110. The summed E-state index contributed by atoms with van der Waals surface area (Å²) in [6, 6.07) is 3.47. The van der Waals surface area contributed by atoms with Gasteiger partial charge in [-0.1, -0.05) is 86.7 Å². The lowest BCUT2D eigenvalue weighted by Gasteiger charge is -2.09. The number of rotatable bonds is 10. The molecule has 0 aliphatic rings. The van der Waals surface area contributed by atoms with E-state index in [0.29, 0.717) is 15.1 Å². The molecule has 1 N–H and O–H groups in total. The molecule has 20 heavy (non-hydrogen) atoms. The van der Waals surface area contributed by atoms with Crippen LogP contribution >= 0.6 is 34.8 Å². The summed E-state index contributed by atoms with van der Waals surface area (Å²) in [5, 5.41) is 4.97. The molecule has 1 rings (SSSR count). The smallest absolute Gasteiger partial charge is 0.0653 e. The average molecular weight is 337 g/mol. The van der Waals surface area contributed by atoms with E-state index >= 15 is 0 Å². The van der Waals surface area contributed by atoms with Gasteiger partial charge < -0.3 is 5.32 Å². The van der Waals surface area contributed by atoms with Gasteiger partial charge in [0.25, 0.3) is 0 Å². The van der Waals surface area contributed by atoms with Crippen LogP contribution in [0.15, 0.2) is 12.1 Å². The highest BCUT2D eigenvalue weighted by atomic mass is 35.5. The van der Waals surface area contributed by atoms with Crippen molar-refractivity contribution in [2.45, 2.75) is 58.3 Å². The van der Waals surface area contributed by atoms with E-state index in [4.69, 9.17) is 34.8 Å². The normalized spacial score (nSPS) is 10.8. The zero-order valence-corrected chi connectivity index (χ0v) is 14.4. The maximum Gasteiger partial charge on any atom is 0.0653 e. The van der Waals surface area contributed by atoms with Gasteiger partial charge in [-0.25, -0.2) is 0 Å². The molecule has 0 aliphatic carbocycles. The van der Waals surface area contributed by atoms with E-state index in [0.717, 1.165) is 18.7 Å². The minimum absolute atomic E-state index is 0.495. The van der Waals surface area contributed by atoms with Crippen LogP contribution in [0.2, 0.25) is 15.1 Å². The number of nitrogens with one attached hydrogen (secondary N) is 1. The van der Waals surface area contributed by atoms with Crippen LogP contribution < -0.4 is 5.32 Å². The van der Waals surface area contributed by atoms with Gasteiger partial charge in [-0.3, -0.25) is 0 Å². The van der Waals surface area contributed by atoms with Gasteiger partial charge in [-0.05, 0) is 18.6 Å². The third kappa shape index (κ3) is 7.06. The summed E-state index contributed by atoms with van der Waals surface area (Å²) < 4.78 is 0. The molecule has 0 aliphatic heterocycles. The zero-order chi connectivity index (χ0) is 14.8. The van der Waals surface area contributed by atoms with Crippen LogP contribution in [0.4, 0.5) is 5.69 Å². The molecule has 1 aromatic rings. The second-order valence-corrected chi connectivity index (χ2v) is 6.37. The predicted molar refractivity (Wildman–Crippen MR) is 92.6 cm³/mol. The van der Waals surface area contributed by atoms with E-state index in [1.807, 2.05) is 0 Å². The molecule has 0 heterocycles. The molecule has 0 bridgehead atoms. The van der Waals surface area contributed by atoms with Gasteiger partial charge in [0, 0.05) is 6.54 Å². The van der Waals surface area contributed by atoms with Gasteiger partial charge >= 0.3 is 0 Å². The molecular formula is C16H24Cl3N. The monoisotopic (exact) mass is 335 g/mol. The van der Waals surface area contributed by atoms with Gasteiger partial charge in [-0.15, -0.1) is 0 Å². The Bertz CT molecular complexity index is 394. The highest BCUT2D eigenvalue weighted by molar-refractivity contribution is 6.44. The summed E-state index contributed by atoms with van der Waals surface area (Å²) in [7, 11) is 0. The first-order valence-corrected chi connectivity index (χ1v) is 8.67. The standard InChI is InChI=1S/C16H24Cl3N/c1-2-3-4-5-6-7-8-9-10-20-16-12-14(18)13(17)11-15(16)19/h11-12,20H,2-10H2,1H3. The Morgan fingerprint density at radius 1 is 0.750 bits per heavy atom. The molecule has 0 unspecified atom stereocenters. The molecule has 0 amide bonds. The molecule has 0 atom stereocenters. The van der Waals surface area contributed by atoms with Crippen molar-refractivity contribution in [1.82, 2.24) is 0 Å². The van der Waals surface area contributed by atoms with Gasteiger partial charge in [-0.2, -0.15) is 0 Å². The van der Waals surface area contributed by atoms with Crippen LogP contribution in [0.1, 0.15) is 58.3 Å². The largest absolute Gasteiger partial charge is 0.384 e. The maximum absolute atomic E-state index is 6.11. The van der Waals surface area contributed by atoms with Crippen LogP contribution in [-0.2, 0) is 0 Å². The van der Waals surface area contributed by atoms with E-state index in [2.05, 4.69) is 12.2 Å². The van der Waals surface area contributed by atoms with Gasteiger partial charge in [0.05, 0.1) is 20.8 Å². The minimum Gasteiger partial charge on any atom is -0.384 e. The van der Waals surface area contributed by atoms with Crippen molar-refractivity contribution in [3.8, 4) is 0 Å². The molecule has 0 spiro atoms. The summed E-state index contributed by atoms with van der Waals surface area (Å²) >= 11 is 18.0. The first kappa shape index (κ1) is 17.9. The Morgan fingerprint density at radius 2 is 1.30 bits per heavy atom. The third-order valence-corrected chi connectivity index (χ3v) is 4.39. The predicted octanol–water partition coefficient (Wildman–Crippen LogP) is 7.20. The SMILES string of the molecule is CCCCCCCCCCNc1cc(Cl)c(Cl)cc1Cl. The van der Waals surface area contributed by atoms with Gasteiger partial charge in [0.15, 0.2) is 0 Å². The maximum atomic E-state index is 6.11. The highest BCUT2D eigenvalue weighted by Gasteiger charge is 2.05. The molecule has 114 valence electrons. The second-order valence-electron chi connectivity index (χ2n) is 5.15. The van der Waals surface area contributed by atoms with E-state index < -0.39 is 0 Å². The molecule has 0 saturated carbocycles. The molecule has 0 fully saturated rings. The Morgan fingerprint density at radius 3 is 1.95 bits per heavy atom. The summed E-state index contributed by atoms with van der Waals surface area (Å²) in [4.78, 5) is 0. The number of hydrogen-bond acceptors (Lipinski definition) is 1. The lowest BCUT2D eigenvalue weighted by atomic mass is 10.1. The summed E-state index contributed by atoms with van der Waals surface area (Å²) in [5.41, 5.74) is 0.865. The highest BCUT2D eigenvalue weighted by Crippen LogP contribution is 2.32. The topological polar surface area (TPSA) is 12.0 Å². The Kier molecular flexibility index (Phi) is 9.50. The van der Waals surface area contributed by atoms with Crippen LogP contribution in [0, 0.1) is 0 Å². The van der Waals surface area contributed by atoms with Crippen LogP contribution in [0.25, 0.3) is 0 Å². The lowest BCUT2D eigenvalue weighted by molar-refractivity contribution is 0.581. The Labute approximate surface area is 138 Å². The molecule has 4 heteroatoms. The van der Waals surface area contributed by atoms with Crippen molar-refractivity contribution in [2.75, 3.05) is 11.9 Å².